The molecule has 12 heavy (non-hydrogen) atoms. The molecule has 0 spiro atoms. The van der Waals surface area contributed by atoms with E-state index in [9.17, 15) is 9.00 Å². The molecule has 0 fully saturated rings. The summed E-state index contributed by atoms with van der Waals surface area (Å²) in [4.78, 5) is 11.1. The van der Waals surface area contributed by atoms with Gasteiger partial charge in [-0.2, -0.15) is 0 Å². The zero-order chi connectivity index (χ0) is 9.19. The molecule has 0 aliphatic heterocycles. The molecule has 4 nitrogen and oxygen atoms in total. The van der Waals surface area contributed by atoms with Crippen LogP contribution in [-0.4, -0.2) is 9.32 Å². The van der Waals surface area contributed by atoms with Crippen LogP contribution in [0.3, 0.4) is 0 Å². The van der Waals surface area contributed by atoms with Gasteiger partial charge < -0.3 is 0 Å². The van der Waals surface area contributed by atoms with E-state index < -0.39 is 15.0 Å². The molecule has 1 aromatic carbocycles. The number of rotatable bonds is 1. The summed E-state index contributed by atoms with van der Waals surface area (Å²) >= 11 is 0. The van der Waals surface area contributed by atoms with Crippen molar-refractivity contribution in [3.8, 4) is 0 Å². The van der Waals surface area contributed by atoms with Gasteiger partial charge in [-0.3, -0.25) is 4.79 Å². The van der Waals surface area contributed by atoms with E-state index in [1.54, 1.807) is 18.2 Å². The molecule has 64 valence electrons. The van der Waals surface area contributed by atoms with Crippen LogP contribution >= 0.6 is 0 Å². The van der Waals surface area contributed by atoms with Gasteiger partial charge in [0.25, 0.3) is 5.12 Å². The van der Waals surface area contributed by atoms with Gasteiger partial charge in [-0.25, -0.2) is 14.1 Å². The fraction of sp³-hybridized carbons (Fsp3) is 0. The SMILES string of the molecule is N=S(N)(=O)C(=O)c1ccccc1. The van der Waals surface area contributed by atoms with Gasteiger partial charge in [-0.1, -0.05) is 30.3 Å². The van der Waals surface area contributed by atoms with Gasteiger partial charge in [0.15, 0.2) is 9.92 Å². The lowest BCUT2D eigenvalue weighted by molar-refractivity contribution is 0.108. The molecular formula is C7H8N2O2S. The second-order valence-corrected chi connectivity index (χ2v) is 3.83. The predicted octanol–water partition coefficient (Wildman–Crippen LogP) is 0.747. The molecule has 5 heteroatoms. The van der Waals surface area contributed by atoms with Crippen molar-refractivity contribution in [1.29, 1.82) is 4.78 Å². The number of carbonyl (C=O) groups excluding carboxylic acids is 1. The average Bonchev–Trinajstić information content (AvgIpc) is 2.03. The van der Waals surface area contributed by atoms with Crippen molar-refractivity contribution in [1.82, 2.24) is 0 Å². The highest BCUT2D eigenvalue weighted by atomic mass is 32.2. The maximum absolute atomic E-state index is 11.1. The number of hydrogen-bond acceptors (Lipinski definition) is 3. The number of carbonyl (C=O) groups is 1. The summed E-state index contributed by atoms with van der Waals surface area (Å²) in [6, 6.07) is 7.92. The van der Waals surface area contributed by atoms with Gasteiger partial charge in [-0.15, -0.1) is 0 Å². The van der Waals surface area contributed by atoms with Gasteiger partial charge in [0.2, 0.25) is 0 Å². The Labute approximate surface area is 70.5 Å². The first-order chi connectivity index (χ1) is 5.52. The highest BCUT2D eigenvalue weighted by molar-refractivity contribution is 8.05. The van der Waals surface area contributed by atoms with Crippen molar-refractivity contribution < 1.29 is 9.00 Å². The molecule has 1 unspecified atom stereocenters. The van der Waals surface area contributed by atoms with Crippen molar-refractivity contribution in [2.45, 2.75) is 0 Å². The van der Waals surface area contributed by atoms with Gasteiger partial charge in [0, 0.05) is 5.56 Å². The topological polar surface area (TPSA) is 84.0 Å². The molecule has 0 saturated carbocycles. The summed E-state index contributed by atoms with van der Waals surface area (Å²) in [5.41, 5.74) is 0.208. The van der Waals surface area contributed by atoms with Crippen molar-refractivity contribution >= 4 is 15.0 Å². The Bertz CT molecular complexity index is 383. The molecular weight excluding hydrogens is 176 g/mol. The summed E-state index contributed by atoms with van der Waals surface area (Å²) in [7, 11) is -3.59. The van der Waals surface area contributed by atoms with Crippen LogP contribution < -0.4 is 5.14 Å². The van der Waals surface area contributed by atoms with Crippen LogP contribution in [0.4, 0.5) is 0 Å². The Kier molecular flexibility index (Phi) is 2.25. The molecule has 0 saturated heterocycles. The third-order valence-electron chi connectivity index (χ3n) is 1.28. The van der Waals surface area contributed by atoms with E-state index in [-0.39, 0.29) is 5.56 Å². The molecule has 1 rings (SSSR count). The number of hydrogen-bond donors (Lipinski definition) is 2. The Morgan fingerprint density at radius 3 is 2.25 bits per heavy atom. The van der Waals surface area contributed by atoms with E-state index in [1.807, 2.05) is 0 Å². The molecule has 0 amide bonds. The lowest BCUT2D eigenvalue weighted by atomic mass is 10.2. The third kappa shape index (κ3) is 1.90. The fourth-order valence-corrected chi connectivity index (χ4v) is 1.24. The average molecular weight is 184 g/mol. The van der Waals surface area contributed by atoms with Gasteiger partial charge in [0.1, 0.15) is 0 Å². The minimum atomic E-state index is -3.59. The molecule has 1 atom stereocenters. The van der Waals surface area contributed by atoms with E-state index in [2.05, 4.69) is 0 Å². The second-order valence-electron chi connectivity index (χ2n) is 2.25. The maximum atomic E-state index is 11.1. The van der Waals surface area contributed by atoms with E-state index in [0.717, 1.165) is 0 Å². The quantitative estimate of drug-likeness (QED) is 0.674. The number of nitrogens with two attached hydrogens (primary N) is 1. The second kappa shape index (κ2) is 3.04. The Balaban J connectivity index is 3.11. The van der Waals surface area contributed by atoms with Crippen molar-refractivity contribution in [3.63, 3.8) is 0 Å². The smallest absolute Gasteiger partial charge is 0.271 e. The van der Waals surface area contributed by atoms with Crippen LogP contribution in [0.15, 0.2) is 30.3 Å². The first-order valence-electron chi connectivity index (χ1n) is 3.18. The van der Waals surface area contributed by atoms with Crippen molar-refractivity contribution in [2.75, 3.05) is 0 Å². The molecule has 1 aromatic rings. The summed E-state index contributed by atoms with van der Waals surface area (Å²) in [6.45, 7) is 0. The zero-order valence-corrected chi connectivity index (χ0v) is 7.01. The fourth-order valence-electron chi connectivity index (χ4n) is 0.749. The monoisotopic (exact) mass is 184 g/mol. The van der Waals surface area contributed by atoms with Gasteiger partial charge >= 0.3 is 0 Å². The van der Waals surface area contributed by atoms with Crippen LogP contribution in [0.2, 0.25) is 0 Å². The van der Waals surface area contributed by atoms with E-state index in [1.165, 1.54) is 12.1 Å². The van der Waals surface area contributed by atoms with Gasteiger partial charge in [-0.05, 0) is 0 Å². The highest BCUT2D eigenvalue weighted by Crippen LogP contribution is 2.02. The largest absolute Gasteiger partial charge is 0.276 e. The van der Waals surface area contributed by atoms with E-state index >= 15 is 0 Å². The normalized spacial score (nSPS) is 15.1. The lowest BCUT2D eigenvalue weighted by Crippen LogP contribution is -2.21. The van der Waals surface area contributed by atoms with Crippen molar-refractivity contribution in [2.24, 2.45) is 5.14 Å². The van der Waals surface area contributed by atoms with Crippen LogP contribution in [0.1, 0.15) is 10.4 Å². The first kappa shape index (κ1) is 8.89. The Morgan fingerprint density at radius 1 is 1.33 bits per heavy atom. The number of benzene rings is 1. The Hall–Kier alpha value is -1.20. The zero-order valence-electron chi connectivity index (χ0n) is 6.19. The van der Waals surface area contributed by atoms with Gasteiger partial charge in [0.05, 0.1) is 0 Å². The Morgan fingerprint density at radius 2 is 1.83 bits per heavy atom. The molecule has 0 bridgehead atoms. The molecule has 0 heterocycles. The summed E-state index contributed by atoms with van der Waals surface area (Å²) in [5, 5.41) is 4.03. The standard InChI is InChI=1S/C7H8N2O2S/c8-12(9,11)7(10)6-4-2-1-3-5-6/h1-5H,(H3,8,9,11). The summed E-state index contributed by atoms with van der Waals surface area (Å²) in [6.07, 6.45) is 0. The molecule has 0 aromatic heterocycles. The molecule has 0 radical (unpaired) electrons. The van der Waals surface area contributed by atoms with Crippen LogP contribution in [0.5, 0.6) is 0 Å². The number of nitrogens with one attached hydrogen (secondary N) is 1. The summed E-state index contributed by atoms with van der Waals surface area (Å²) in [5.74, 6) is 0. The molecule has 0 aliphatic carbocycles. The maximum Gasteiger partial charge on any atom is 0.271 e. The molecule has 3 N–H and O–H groups in total. The van der Waals surface area contributed by atoms with E-state index in [4.69, 9.17) is 9.92 Å². The predicted molar refractivity (Wildman–Crippen MR) is 45.8 cm³/mol. The van der Waals surface area contributed by atoms with Crippen molar-refractivity contribution in [3.05, 3.63) is 35.9 Å². The van der Waals surface area contributed by atoms with Crippen LogP contribution in [0, 0.1) is 4.78 Å². The third-order valence-corrected chi connectivity index (χ3v) is 2.07. The highest BCUT2D eigenvalue weighted by Gasteiger charge is 2.13. The first-order valence-corrected chi connectivity index (χ1v) is 4.80. The van der Waals surface area contributed by atoms with E-state index in [0.29, 0.717) is 0 Å². The van der Waals surface area contributed by atoms with Crippen LogP contribution in [0.25, 0.3) is 0 Å². The minimum Gasteiger partial charge on any atom is -0.276 e. The lowest BCUT2D eigenvalue weighted by Gasteiger charge is -1.98. The summed E-state index contributed by atoms with van der Waals surface area (Å²) < 4.78 is 17.6. The van der Waals surface area contributed by atoms with Crippen LogP contribution in [-0.2, 0) is 9.92 Å². The minimum absolute atomic E-state index is 0.208. The molecule has 0 aliphatic rings.